The molecule has 4 heterocycles. The minimum atomic E-state index is -0.221. The number of imidazole rings is 1. The Balaban J connectivity index is 1.54. The average Bonchev–Trinajstić information content (AvgIpc) is 3.44. The Morgan fingerprint density at radius 3 is 2.64 bits per heavy atom. The van der Waals surface area contributed by atoms with Crippen LogP contribution in [-0.4, -0.2) is 52.1 Å². The van der Waals surface area contributed by atoms with Crippen LogP contribution in [0.4, 0.5) is 11.6 Å². The van der Waals surface area contributed by atoms with E-state index in [1.165, 1.54) is 4.68 Å². The van der Waals surface area contributed by atoms with Crippen molar-refractivity contribution in [1.29, 1.82) is 0 Å². The van der Waals surface area contributed by atoms with Crippen molar-refractivity contribution in [3.8, 4) is 22.6 Å². The van der Waals surface area contributed by atoms with E-state index < -0.39 is 0 Å². The lowest BCUT2D eigenvalue weighted by atomic mass is 10.1. The normalized spacial score (nSPS) is 12.1. The predicted octanol–water partition coefficient (Wildman–Crippen LogP) is 2.92. The summed E-state index contributed by atoms with van der Waals surface area (Å²) in [6.07, 6.45) is 8.03. The number of carbonyl (C=O) groups is 1. The number of aryl methyl sites for hydroxylation is 1. The number of carbonyl (C=O) groups excluding carboxylic acids is 1. The van der Waals surface area contributed by atoms with Crippen LogP contribution >= 0.6 is 0 Å². The molecule has 4 aromatic heterocycles. The van der Waals surface area contributed by atoms with E-state index in [0.717, 1.165) is 28.9 Å². The number of aldehydes is 1. The monoisotopic (exact) mass is 484 g/mol. The third kappa shape index (κ3) is 4.27. The summed E-state index contributed by atoms with van der Waals surface area (Å²) in [6.45, 7) is 2.05. The SMILES string of the molecule is C[C@@H](CCO)c1nc(-c2ccc(C=O)cc2)c2cnc(Nc3ccnc(-c4c[nH]n(C)c4=O)n3)cn12. The topological polar surface area (TPSA) is 143 Å². The highest BCUT2D eigenvalue weighted by Gasteiger charge is 2.19. The molecule has 0 fully saturated rings. The van der Waals surface area contributed by atoms with Crippen molar-refractivity contribution >= 4 is 23.4 Å². The van der Waals surface area contributed by atoms with Gasteiger partial charge in [0.05, 0.1) is 23.6 Å². The number of rotatable bonds is 8. The number of aromatic amines is 1. The average molecular weight is 485 g/mol. The molecule has 5 rings (SSSR count). The van der Waals surface area contributed by atoms with Crippen molar-refractivity contribution in [2.24, 2.45) is 7.05 Å². The van der Waals surface area contributed by atoms with Gasteiger partial charge in [-0.05, 0) is 12.5 Å². The van der Waals surface area contributed by atoms with E-state index >= 15 is 0 Å². The minimum Gasteiger partial charge on any atom is -0.396 e. The van der Waals surface area contributed by atoms with E-state index in [1.807, 2.05) is 29.7 Å². The molecule has 1 aromatic carbocycles. The first-order valence-electron chi connectivity index (χ1n) is 11.4. The molecule has 0 bridgehead atoms. The van der Waals surface area contributed by atoms with Gasteiger partial charge in [-0.2, -0.15) is 0 Å². The molecule has 0 unspecified atom stereocenters. The molecule has 1 atom stereocenters. The molecule has 182 valence electrons. The number of fused-ring (bicyclic) bond motifs is 1. The third-order valence-electron chi connectivity index (χ3n) is 5.97. The molecular formula is C25H24N8O3. The molecule has 36 heavy (non-hydrogen) atoms. The number of hydrogen-bond donors (Lipinski definition) is 3. The number of nitrogens with one attached hydrogen (secondary N) is 2. The lowest BCUT2D eigenvalue weighted by Gasteiger charge is -2.10. The quantitative estimate of drug-likeness (QED) is 0.285. The summed E-state index contributed by atoms with van der Waals surface area (Å²) in [5.74, 6) is 2.05. The first-order valence-corrected chi connectivity index (χ1v) is 11.4. The molecule has 0 radical (unpaired) electrons. The third-order valence-corrected chi connectivity index (χ3v) is 5.97. The van der Waals surface area contributed by atoms with Crippen molar-refractivity contribution in [2.45, 2.75) is 19.3 Å². The highest BCUT2D eigenvalue weighted by atomic mass is 16.3. The Morgan fingerprint density at radius 2 is 1.94 bits per heavy atom. The van der Waals surface area contributed by atoms with Crippen LogP contribution in [0.25, 0.3) is 28.2 Å². The van der Waals surface area contributed by atoms with Gasteiger partial charge in [0.15, 0.2) is 5.82 Å². The summed E-state index contributed by atoms with van der Waals surface area (Å²) < 4.78 is 3.30. The minimum absolute atomic E-state index is 0.0174. The molecule has 11 heteroatoms. The molecule has 0 spiro atoms. The second-order valence-corrected chi connectivity index (χ2v) is 8.44. The van der Waals surface area contributed by atoms with E-state index in [-0.39, 0.29) is 18.1 Å². The highest BCUT2D eigenvalue weighted by molar-refractivity contribution is 5.81. The summed E-state index contributed by atoms with van der Waals surface area (Å²) in [6, 6.07) is 8.89. The van der Waals surface area contributed by atoms with Gasteiger partial charge in [0.1, 0.15) is 29.3 Å². The fourth-order valence-electron chi connectivity index (χ4n) is 3.99. The van der Waals surface area contributed by atoms with Gasteiger partial charge in [-0.1, -0.05) is 31.2 Å². The predicted molar refractivity (Wildman–Crippen MR) is 134 cm³/mol. The molecule has 0 aliphatic rings. The van der Waals surface area contributed by atoms with E-state index in [1.54, 1.807) is 43.8 Å². The van der Waals surface area contributed by atoms with E-state index in [2.05, 4.69) is 25.4 Å². The molecule has 0 saturated heterocycles. The van der Waals surface area contributed by atoms with Crippen LogP contribution in [0.1, 0.15) is 35.4 Å². The number of aliphatic hydroxyl groups excluding tert-OH is 1. The lowest BCUT2D eigenvalue weighted by molar-refractivity contribution is 0.112. The van der Waals surface area contributed by atoms with Crippen LogP contribution in [0.2, 0.25) is 0 Å². The Hall–Kier alpha value is -4.64. The zero-order valence-electron chi connectivity index (χ0n) is 19.7. The number of aliphatic hydroxyl groups is 1. The standard InChI is InChI=1S/C25H24N8O3/c1-15(8-10-34)24-31-22(17-5-3-16(14-35)4-6-17)19-12-27-21(13-33(19)24)29-20-7-9-26-23(30-20)18-11-28-32(2)25(18)36/h3-7,9,11-15,28,34H,8,10H2,1-2H3,(H,26,29,30)/t15-/m0/s1. The van der Waals surface area contributed by atoms with Gasteiger partial charge < -0.3 is 15.5 Å². The summed E-state index contributed by atoms with van der Waals surface area (Å²) in [5, 5.41) is 15.5. The van der Waals surface area contributed by atoms with Gasteiger partial charge in [-0.3, -0.25) is 18.7 Å². The molecule has 0 aliphatic heterocycles. The fraction of sp³-hybridized carbons (Fsp3) is 0.200. The van der Waals surface area contributed by atoms with Crippen LogP contribution < -0.4 is 10.9 Å². The molecule has 0 aliphatic carbocycles. The Labute approximate surface area is 205 Å². The maximum atomic E-state index is 12.3. The van der Waals surface area contributed by atoms with Crippen LogP contribution in [0, 0.1) is 0 Å². The van der Waals surface area contributed by atoms with Crippen molar-refractivity contribution in [3.63, 3.8) is 0 Å². The molecule has 0 amide bonds. The van der Waals surface area contributed by atoms with Crippen molar-refractivity contribution in [2.75, 3.05) is 11.9 Å². The number of H-pyrrole nitrogens is 1. The maximum Gasteiger partial charge on any atom is 0.277 e. The zero-order valence-corrected chi connectivity index (χ0v) is 19.7. The van der Waals surface area contributed by atoms with Crippen molar-refractivity contribution < 1.29 is 9.90 Å². The molecule has 5 aromatic rings. The molecule has 0 saturated carbocycles. The second kappa shape index (κ2) is 9.55. The van der Waals surface area contributed by atoms with Crippen LogP contribution in [0.3, 0.4) is 0 Å². The largest absolute Gasteiger partial charge is 0.396 e. The summed E-state index contributed by atoms with van der Waals surface area (Å²) >= 11 is 0. The Morgan fingerprint density at radius 1 is 1.14 bits per heavy atom. The number of aromatic nitrogens is 7. The highest BCUT2D eigenvalue weighted by Crippen LogP contribution is 2.30. The summed E-state index contributed by atoms with van der Waals surface area (Å²) in [4.78, 5) is 41.4. The van der Waals surface area contributed by atoms with Gasteiger partial charge in [0, 0.05) is 43.1 Å². The number of hydrogen-bond acceptors (Lipinski definition) is 8. The van der Waals surface area contributed by atoms with Crippen molar-refractivity contribution in [1.82, 2.24) is 34.1 Å². The maximum absolute atomic E-state index is 12.3. The molecular weight excluding hydrogens is 460 g/mol. The first-order chi connectivity index (χ1) is 17.5. The zero-order chi connectivity index (χ0) is 25.2. The fourth-order valence-corrected chi connectivity index (χ4v) is 3.99. The van der Waals surface area contributed by atoms with Gasteiger partial charge in [0.2, 0.25) is 0 Å². The van der Waals surface area contributed by atoms with E-state index in [9.17, 15) is 14.7 Å². The molecule has 3 N–H and O–H groups in total. The van der Waals surface area contributed by atoms with E-state index in [0.29, 0.717) is 35.0 Å². The van der Waals surface area contributed by atoms with Gasteiger partial charge >= 0.3 is 0 Å². The Kier molecular flexibility index (Phi) is 6.13. The molecule has 11 nitrogen and oxygen atoms in total. The second-order valence-electron chi connectivity index (χ2n) is 8.44. The van der Waals surface area contributed by atoms with Crippen LogP contribution in [-0.2, 0) is 7.05 Å². The number of anilines is 2. The summed E-state index contributed by atoms with van der Waals surface area (Å²) in [7, 11) is 1.62. The lowest BCUT2D eigenvalue weighted by Crippen LogP contribution is -2.14. The smallest absolute Gasteiger partial charge is 0.277 e. The summed E-state index contributed by atoms with van der Waals surface area (Å²) in [5.41, 5.74) is 3.11. The van der Waals surface area contributed by atoms with Crippen LogP contribution in [0.5, 0.6) is 0 Å². The number of nitrogens with zero attached hydrogens (tertiary/aromatic N) is 6. The van der Waals surface area contributed by atoms with Gasteiger partial charge in [-0.25, -0.2) is 19.9 Å². The van der Waals surface area contributed by atoms with Crippen LogP contribution in [0.15, 0.2) is 59.9 Å². The van der Waals surface area contributed by atoms with Gasteiger partial charge in [0.25, 0.3) is 5.56 Å². The Bertz CT molecular complexity index is 1600. The first kappa shape index (κ1) is 23.1. The number of benzene rings is 1. The van der Waals surface area contributed by atoms with E-state index in [4.69, 9.17) is 4.98 Å². The van der Waals surface area contributed by atoms with Crippen molar-refractivity contribution in [3.05, 3.63) is 76.9 Å². The van der Waals surface area contributed by atoms with Gasteiger partial charge in [-0.15, -0.1) is 0 Å².